The first kappa shape index (κ1) is 10.7. The summed E-state index contributed by atoms with van der Waals surface area (Å²) in [6, 6.07) is 1.83. The summed E-state index contributed by atoms with van der Waals surface area (Å²) in [5.41, 5.74) is 5.74. The first-order valence-corrected chi connectivity index (χ1v) is 5.92. The minimum absolute atomic E-state index is 0.311. The van der Waals surface area contributed by atoms with Crippen LogP contribution in [0.2, 0.25) is 0 Å². The van der Waals surface area contributed by atoms with E-state index < -0.39 is 0 Å². The number of ether oxygens (including phenoxy) is 1. The van der Waals surface area contributed by atoms with Crippen LogP contribution in [0.3, 0.4) is 0 Å². The Bertz CT molecular complexity index is 353. The molecule has 0 spiro atoms. The third kappa shape index (κ3) is 2.60. The van der Waals surface area contributed by atoms with Gasteiger partial charge in [0.15, 0.2) is 0 Å². The molecular formula is C10H15N3OS. The Labute approximate surface area is 93.6 Å². The number of thioether (sulfide) groups is 1. The highest BCUT2D eigenvalue weighted by Crippen LogP contribution is 2.28. The maximum absolute atomic E-state index is 5.74. The normalized spacial score (nSPS) is 16.7. The summed E-state index contributed by atoms with van der Waals surface area (Å²) in [5.74, 6) is 1.68. The van der Waals surface area contributed by atoms with Crippen molar-refractivity contribution in [1.82, 2.24) is 9.97 Å². The third-order valence-electron chi connectivity index (χ3n) is 2.15. The lowest BCUT2D eigenvalue weighted by Crippen LogP contribution is -2.30. The van der Waals surface area contributed by atoms with Crippen molar-refractivity contribution >= 4 is 17.6 Å². The summed E-state index contributed by atoms with van der Waals surface area (Å²) in [6.07, 6.45) is 0. The third-order valence-corrected chi connectivity index (χ3v) is 3.21. The van der Waals surface area contributed by atoms with Gasteiger partial charge in [-0.15, -0.1) is 0 Å². The molecule has 2 rings (SSSR count). The summed E-state index contributed by atoms with van der Waals surface area (Å²) in [6.45, 7) is 5.75. The number of nitrogen functional groups attached to an aromatic ring is 1. The van der Waals surface area contributed by atoms with Crippen molar-refractivity contribution in [2.45, 2.75) is 30.0 Å². The molecule has 2 N–H and O–H groups in total. The van der Waals surface area contributed by atoms with Crippen LogP contribution in [0.15, 0.2) is 11.1 Å². The van der Waals surface area contributed by atoms with E-state index in [0.717, 1.165) is 24.1 Å². The highest BCUT2D eigenvalue weighted by atomic mass is 32.2. The van der Waals surface area contributed by atoms with Gasteiger partial charge in [0, 0.05) is 12.0 Å². The molecule has 1 aromatic heterocycles. The Balaban J connectivity index is 2.15. The van der Waals surface area contributed by atoms with Crippen LogP contribution in [0.5, 0.6) is 0 Å². The van der Waals surface area contributed by atoms with Gasteiger partial charge in [-0.3, -0.25) is 0 Å². The average Bonchev–Trinajstić information content (AvgIpc) is 2.10. The quantitative estimate of drug-likeness (QED) is 0.793. The van der Waals surface area contributed by atoms with Gasteiger partial charge in [0.2, 0.25) is 0 Å². The molecule has 0 bridgehead atoms. The van der Waals surface area contributed by atoms with Gasteiger partial charge in [-0.25, -0.2) is 9.97 Å². The second-order valence-electron chi connectivity index (χ2n) is 3.92. The molecule has 0 radical (unpaired) electrons. The van der Waals surface area contributed by atoms with E-state index in [9.17, 15) is 0 Å². The van der Waals surface area contributed by atoms with E-state index in [1.807, 2.05) is 6.07 Å². The lowest BCUT2D eigenvalue weighted by molar-refractivity contribution is 0.0454. The summed E-state index contributed by atoms with van der Waals surface area (Å²) in [7, 11) is 0. The largest absolute Gasteiger partial charge is 0.384 e. The first-order valence-electron chi connectivity index (χ1n) is 5.04. The van der Waals surface area contributed by atoms with Crippen LogP contribution >= 0.6 is 11.8 Å². The molecule has 0 aliphatic carbocycles. The molecule has 0 saturated carbocycles. The first-order chi connectivity index (χ1) is 7.15. The van der Waals surface area contributed by atoms with Crippen molar-refractivity contribution < 1.29 is 4.74 Å². The number of rotatable bonds is 3. The van der Waals surface area contributed by atoms with Gasteiger partial charge in [-0.05, 0) is 0 Å². The van der Waals surface area contributed by atoms with E-state index >= 15 is 0 Å². The fourth-order valence-corrected chi connectivity index (χ4v) is 2.24. The van der Waals surface area contributed by atoms with Crippen LogP contribution in [0.4, 0.5) is 5.82 Å². The van der Waals surface area contributed by atoms with Crippen molar-refractivity contribution in [2.24, 2.45) is 0 Å². The Morgan fingerprint density at radius 2 is 2.20 bits per heavy atom. The molecule has 82 valence electrons. The monoisotopic (exact) mass is 225 g/mol. The van der Waals surface area contributed by atoms with Gasteiger partial charge in [0.05, 0.1) is 18.5 Å². The van der Waals surface area contributed by atoms with E-state index in [1.165, 1.54) is 0 Å². The summed E-state index contributed by atoms with van der Waals surface area (Å²) >= 11 is 1.72. The number of aromatic nitrogens is 2. The van der Waals surface area contributed by atoms with Crippen LogP contribution in [-0.4, -0.2) is 28.4 Å². The van der Waals surface area contributed by atoms with Gasteiger partial charge in [-0.2, -0.15) is 0 Å². The number of hydrogen-bond donors (Lipinski definition) is 1. The fraction of sp³-hybridized carbons (Fsp3) is 0.600. The SMILES string of the molecule is CC(C)c1nc(N)cc(SC2COC2)n1. The predicted molar refractivity (Wildman–Crippen MR) is 61.0 cm³/mol. The molecule has 1 saturated heterocycles. The molecular weight excluding hydrogens is 210 g/mol. The Kier molecular flexibility index (Phi) is 3.11. The molecule has 4 nitrogen and oxygen atoms in total. The van der Waals surface area contributed by atoms with Crippen LogP contribution in [0, 0.1) is 0 Å². The van der Waals surface area contributed by atoms with E-state index in [0.29, 0.717) is 17.0 Å². The number of hydrogen-bond acceptors (Lipinski definition) is 5. The smallest absolute Gasteiger partial charge is 0.134 e. The standard InChI is InChI=1S/C10H15N3OS/c1-6(2)10-12-8(11)3-9(13-10)15-7-4-14-5-7/h3,6-7H,4-5H2,1-2H3,(H2,11,12,13). The minimum Gasteiger partial charge on any atom is -0.384 e. The Morgan fingerprint density at radius 3 is 2.73 bits per heavy atom. The van der Waals surface area contributed by atoms with Crippen molar-refractivity contribution in [3.05, 3.63) is 11.9 Å². The zero-order valence-corrected chi connectivity index (χ0v) is 9.75. The lowest BCUT2D eigenvalue weighted by Gasteiger charge is -2.24. The van der Waals surface area contributed by atoms with Gasteiger partial charge in [0.1, 0.15) is 16.7 Å². The van der Waals surface area contributed by atoms with Gasteiger partial charge in [0.25, 0.3) is 0 Å². The zero-order valence-electron chi connectivity index (χ0n) is 8.93. The molecule has 2 heterocycles. The Morgan fingerprint density at radius 1 is 1.47 bits per heavy atom. The summed E-state index contributed by atoms with van der Waals surface area (Å²) in [5, 5.41) is 1.49. The minimum atomic E-state index is 0.311. The van der Waals surface area contributed by atoms with Gasteiger partial charge >= 0.3 is 0 Å². The maximum Gasteiger partial charge on any atom is 0.134 e. The van der Waals surface area contributed by atoms with E-state index in [1.54, 1.807) is 11.8 Å². The van der Waals surface area contributed by atoms with Crippen LogP contribution in [-0.2, 0) is 4.74 Å². The van der Waals surface area contributed by atoms with Crippen LogP contribution in [0.1, 0.15) is 25.6 Å². The predicted octanol–water partition coefficient (Wildman–Crippen LogP) is 1.67. The second-order valence-corrected chi connectivity index (χ2v) is 5.24. The highest BCUT2D eigenvalue weighted by Gasteiger charge is 2.20. The fourth-order valence-electron chi connectivity index (χ4n) is 1.23. The van der Waals surface area contributed by atoms with Crippen molar-refractivity contribution in [3.63, 3.8) is 0 Å². The van der Waals surface area contributed by atoms with E-state index in [4.69, 9.17) is 10.5 Å². The van der Waals surface area contributed by atoms with Crippen molar-refractivity contribution in [2.75, 3.05) is 18.9 Å². The van der Waals surface area contributed by atoms with Gasteiger partial charge < -0.3 is 10.5 Å². The number of nitrogens with zero attached hydrogens (tertiary/aromatic N) is 2. The molecule has 0 atom stereocenters. The molecule has 0 aromatic carbocycles. The number of nitrogens with two attached hydrogens (primary N) is 1. The van der Waals surface area contributed by atoms with Crippen LogP contribution < -0.4 is 5.73 Å². The maximum atomic E-state index is 5.74. The van der Waals surface area contributed by atoms with E-state index in [2.05, 4.69) is 23.8 Å². The lowest BCUT2D eigenvalue weighted by atomic mass is 10.2. The highest BCUT2D eigenvalue weighted by molar-refractivity contribution is 8.00. The zero-order chi connectivity index (χ0) is 10.8. The van der Waals surface area contributed by atoms with Crippen molar-refractivity contribution in [1.29, 1.82) is 0 Å². The summed E-state index contributed by atoms with van der Waals surface area (Å²) < 4.78 is 5.12. The van der Waals surface area contributed by atoms with Gasteiger partial charge in [-0.1, -0.05) is 25.6 Å². The molecule has 5 heteroatoms. The Hall–Kier alpha value is -0.810. The second kappa shape index (κ2) is 4.37. The molecule has 0 unspecified atom stereocenters. The topological polar surface area (TPSA) is 61.0 Å². The average molecular weight is 225 g/mol. The molecule has 1 fully saturated rings. The molecule has 15 heavy (non-hydrogen) atoms. The van der Waals surface area contributed by atoms with Crippen LogP contribution in [0.25, 0.3) is 0 Å². The molecule has 1 aliphatic heterocycles. The molecule has 1 aromatic rings. The number of anilines is 1. The van der Waals surface area contributed by atoms with E-state index in [-0.39, 0.29) is 0 Å². The van der Waals surface area contributed by atoms with Crippen molar-refractivity contribution in [3.8, 4) is 0 Å². The molecule has 1 aliphatic rings. The molecule has 0 amide bonds. The summed E-state index contributed by atoms with van der Waals surface area (Å²) in [4.78, 5) is 8.68.